The molecule has 160 valence electrons. The van der Waals surface area contributed by atoms with Gasteiger partial charge in [0, 0.05) is 20.8 Å². The summed E-state index contributed by atoms with van der Waals surface area (Å²) in [6.45, 7) is 2.20. The molecule has 4 heteroatoms. The van der Waals surface area contributed by atoms with Crippen LogP contribution in [0.4, 0.5) is 0 Å². The van der Waals surface area contributed by atoms with E-state index in [2.05, 4.69) is 119 Å². The van der Waals surface area contributed by atoms with Crippen LogP contribution in [0.15, 0.2) is 95.5 Å². The van der Waals surface area contributed by atoms with Gasteiger partial charge in [0.15, 0.2) is 7.28 Å². The van der Waals surface area contributed by atoms with E-state index in [1.165, 1.54) is 48.6 Å². The summed E-state index contributed by atoms with van der Waals surface area (Å²) in [4.78, 5) is 9.06. The Kier molecular flexibility index (Phi) is 4.34. The second-order valence-electron chi connectivity index (χ2n) is 8.93. The fraction of sp³-hybridized carbons (Fsp3) is 0.0333. The topological polar surface area (TPSA) is 28.7 Å². The van der Waals surface area contributed by atoms with Crippen molar-refractivity contribution in [2.75, 3.05) is 0 Å². The maximum Gasteiger partial charge on any atom is 0.154 e. The van der Waals surface area contributed by atoms with Crippen molar-refractivity contribution in [1.82, 2.24) is 9.97 Å². The van der Waals surface area contributed by atoms with E-state index in [4.69, 9.17) is 4.98 Å². The number of hydrogen-bond acceptors (Lipinski definition) is 1. The number of halogens is 1. The molecule has 0 atom stereocenters. The van der Waals surface area contributed by atoms with E-state index in [-0.39, 0.29) is 0 Å². The van der Waals surface area contributed by atoms with Crippen LogP contribution in [0.5, 0.6) is 0 Å². The van der Waals surface area contributed by atoms with Gasteiger partial charge in [-0.25, -0.2) is 4.98 Å². The molecule has 0 saturated carbocycles. The second kappa shape index (κ2) is 7.44. The summed E-state index contributed by atoms with van der Waals surface area (Å²) in [5.74, 6) is 0.915. The molecule has 6 aromatic carbocycles. The third-order valence-corrected chi connectivity index (χ3v) is 7.49. The summed E-state index contributed by atoms with van der Waals surface area (Å²) in [7, 11) is 1.00. The molecule has 1 aromatic heterocycles. The molecule has 0 aliphatic carbocycles. The van der Waals surface area contributed by atoms with Gasteiger partial charge < -0.3 is 4.98 Å². The van der Waals surface area contributed by atoms with Gasteiger partial charge in [0.1, 0.15) is 5.82 Å². The van der Waals surface area contributed by atoms with Crippen molar-refractivity contribution >= 4 is 82.8 Å². The summed E-state index contributed by atoms with van der Waals surface area (Å²) in [6.07, 6.45) is 0. The first-order valence-electron chi connectivity index (χ1n) is 11.7. The molecule has 0 radical (unpaired) electrons. The number of nitrogens with zero attached hydrogens (tertiary/aromatic N) is 1. The van der Waals surface area contributed by atoms with Gasteiger partial charge in [0.05, 0.1) is 11.0 Å². The minimum absolute atomic E-state index is 0.915. The number of benzene rings is 6. The SMILES string of the molecule is CBc1ccc2c3ccc(Br)cc3c3[nH]c(-c4c5ccccc5cc5ccccc45)nc3c2c1. The van der Waals surface area contributed by atoms with Crippen LogP contribution < -0.4 is 5.46 Å². The molecule has 2 nitrogen and oxygen atoms in total. The van der Waals surface area contributed by atoms with E-state index in [0.717, 1.165) is 34.2 Å². The number of hydrogen-bond donors (Lipinski definition) is 1. The Balaban J connectivity index is 1.68. The first-order valence-corrected chi connectivity index (χ1v) is 12.4. The molecule has 1 N–H and O–H groups in total. The average Bonchev–Trinajstić information content (AvgIpc) is 3.32. The molecular weight excluding hydrogens is 479 g/mol. The maximum atomic E-state index is 5.30. The largest absolute Gasteiger partial charge is 0.337 e. The zero-order valence-corrected chi connectivity index (χ0v) is 20.3. The average molecular weight is 499 g/mol. The highest BCUT2D eigenvalue weighted by Gasteiger charge is 2.18. The van der Waals surface area contributed by atoms with Crippen LogP contribution >= 0.6 is 15.9 Å². The molecule has 0 bridgehead atoms. The predicted octanol–water partition coefficient (Wildman–Crippen LogP) is 7.72. The summed E-state index contributed by atoms with van der Waals surface area (Å²) >= 11 is 3.69. The predicted molar refractivity (Wildman–Crippen MR) is 152 cm³/mol. The lowest BCUT2D eigenvalue weighted by molar-refractivity contribution is 1.36. The van der Waals surface area contributed by atoms with Gasteiger partial charge in [0.25, 0.3) is 0 Å². The van der Waals surface area contributed by atoms with E-state index in [9.17, 15) is 0 Å². The Bertz CT molecular complexity index is 1870. The Morgan fingerprint density at radius 1 is 0.676 bits per heavy atom. The number of aromatic nitrogens is 2. The summed E-state index contributed by atoms with van der Waals surface area (Å²) < 4.78 is 1.07. The third kappa shape index (κ3) is 2.85. The quantitative estimate of drug-likeness (QED) is 0.147. The van der Waals surface area contributed by atoms with Crippen molar-refractivity contribution < 1.29 is 0 Å². The van der Waals surface area contributed by atoms with Gasteiger partial charge in [-0.2, -0.15) is 0 Å². The maximum absolute atomic E-state index is 5.30. The number of aromatic amines is 1. The van der Waals surface area contributed by atoms with Crippen molar-refractivity contribution in [2.45, 2.75) is 6.82 Å². The van der Waals surface area contributed by atoms with E-state index in [1.807, 2.05) is 0 Å². The normalized spacial score (nSPS) is 11.8. The van der Waals surface area contributed by atoms with Crippen LogP contribution in [-0.2, 0) is 0 Å². The van der Waals surface area contributed by atoms with E-state index < -0.39 is 0 Å². The molecular formula is C30H20BBrN2. The highest BCUT2D eigenvalue weighted by molar-refractivity contribution is 9.10. The number of nitrogens with one attached hydrogen (secondary N) is 1. The van der Waals surface area contributed by atoms with Crippen molar-refractivity contribution in [1.29, 1.82) is 0 Å². The number of H-pyrrole nitrogens is 1. The van der Waals surface area contributed by atoms with Gasteiger partial charge >= 0.3 is 0 Å². The first kappa shape index (κ1) is 19.8. The van der Waals surface area contributed by atoms with Crippen molar-refractivity contribution in [3.05, 3.63) is 95.5 Å². The summed E-state index contributed by atoms with van der Waals surface area (Å²) in [6, 6.07) is 32.8. The van der Waals surface area contributed by atoms with Gasteiger partial charge in [-0.1, -0.05) is 101 Å². The second-order valence-corrected chi connectivity index (χ2v) is 9.84. The monoisotopic (exact) mass is 498 g/mol. The molecule has 0 spiro atoms. The minimum atomic E-state index is 0.915. The van der Waals surface area contributed by atoms with Crippen molar-refractivity contribution in [3.8, 4) is 11.4 Å². The van der Waals surface area contributed by atoms with E-state index in [1.54, 1.807) is 0 Å². The molecule has 0 aliphatic rings. The van der Waals surface area contributed by atoms with Gasteiger partial charge in [-0.3, -0.25) is 0 Å². The van der Waals surface area contributed by atoms with Gasteiger partial charge in [0.2, 0.25) is 0 Å². The molecule has 7 aromatic rings. The van der Waals surface area contributed by atoms with Crippen molar-refractivity contribution in [2.24, 2.45) is 0 Å². The van der Waals surface area contributed by atoms with Crippen LogP contribution in [0.25, 0.3) is 65.5 Å². The fourth-order valence-electron chi connectivity index (χ4n) is 5.35. The molecule has 0 fully saturated rings. The van der Waals surface area contributed by atoms with Crippen molar-refractivity contribution in [3.63, 3.8) is 0 Å². The molecule has 34 heavy (non-hydrogen) atoms. The molecule has 1 heterocycles. The Morgan fingerprint density at radius 2 is 1.35 bits per heavy atom. The van der Waals surface area contributed by atoms with Crippen LogP contribution in [0.1, 0.15) is 0 Å². The lowest BCUT2D eigenvalue weighted by Gasteiger charge is -2.09. The first-order chi connectivity index (χ1) is 16.7. The van der Waals surface area contributed by atoms with Gasteiger partial charge in [-0.15, -0.1) is 0 Å². The Morgan fingerprint density at radius 3 is 2.09 bits per heavy atom. The third-order valence-electron chi connectivity index (χ3n) is 7.00. The highest BCUT2D eigenvalue weighted by atomic mass is 79.9. The molecule has 0 amide bonds. The number of imidazole rings is 1. The van der Waals surface area contributed by atoms with Crippen LogP contribution in [0.3, 0.4) is 0 Å². The molecule has 0 unspecified atom stereocenters. The Labute approximate surface area is 206 Å². The van der Waals surface area contributed by atoms with E-state index >= 15 is 0 Å². The fourth-order valence-corrected chi connectivity index (χ4v) is 5.71. The molecule has 0 aliphatic heterocycles. The standard InChI is InChI=1S/C30H20BBrN2/c1-31-19-10-12-23-24-13-11-20(32)16-26(24)29-28(25(23)15-19)33-30(34-29)27-21-8-4-2-6-17(21)14-18-7-3-5-9-22(18)27/h2-16,31H,1H3,(H,33,34). The zero-order chi connectivity index (χ0) is 22.8. The highest BCUT2D eigenvalue weighted by Crippen LogP contribution is 2.39. The van der Waals surface area contributed by atoms with Crippen LogP contribution in [-0.4, -0.2) is 17.2 Å². The minimum Gasteiger partial charge on any atom is -0.337 e. The Hall–Kier alpha value is -3.63. The number of rotatable bonds is 2. The summed E-state index contributed by atoms with van der Waals surface area (Å²) in [5, 5.41) is 9.75. The lowest BCUT2D eigenvalue weighted by Crippen LogP contribution is -2.09. The summed E-state index contributed by atoms with van der Waals surface area (Å²) in [5.41, 5.74) is 4.60. The van der Waals surface area contributed by atoms with Gasteiger partial charge in [-0.05, 0) is 50.5 Å². The molecule has 7 rings (SSSR count). The van der Waals surface area contributed by atoms with Crippen LogP contribution in [0.2, 0.25) is 6.82 Å². The van der Waals surface area contributed by atoms with Crippen LogP contribution in [0, 0.1) is 0 Å². The molecule has 0 saturated heterocycles. The lowest BCUT2D eigenvalue weighted by atomic mass is 9.72. The number of fused-ring (bicyclic) bond motifs is 8. The smallest absolute Gasteiger partial charge is 0.154 e. The van der Waals surface area contributed by atoms with E-state index in [0.29, 0.717) is 0 Å². The zero-order valence-electron chi connectivity index (χ0n) is 18.7.